The minimum absolute atomic E-state index is 0.142. The lowest BCUT2D eigenvalue weighted by Gasteiger charge is -1.99. The number of carbonyl (C=O) groups is 1. The topological polar surface area (TPSA) is 38.8 Å². The molecule has 0 aromatic carbocycles. The van der Waals surface area contributed by atoms with Crippen molar-refractivity contribution in [2.75, 3.05) is 13.2 Å². The highest BCUT2D eigenvalue weighted by molar-refractivity contribution is 6.25. The molecule has 0 radical (unpaired) electrons. The molecule has 0 aromatic rings. The van der Waals surface area contributed by atoms with Crippen LogP contribution in [0.15, 0.2) is 24.3 Å². The smallest absolute Gasteiger partial charge is 0.333 e. The molecule has 0 amide bonds. The van der Waals surface area contributed by atoms with E-state index < -0.39 is 0 Å². The third-order valence-electron chi connectivity index (χ3n) is 1.15. The number of epoxide rings is 1. The van der Waals surface area contributed by atoms with E-state index in [4.69, 9.17) is 21.1 Å². The molecule has 0 N–H and O–H groups in total. The van der Waals surface area contributed by atoms with Crippen molar-refractivity contribution in [3.8, 4) is 0 Å². The van der Waals surface area contributed by atoms with E-state index in [0.29, 0.717) is 18.8 Å². The Morgan fingerprint density at radius 3 is 2.62 bits per heavy atom. The van der Waals surface area contributed by atoms with Crippen molar-refractivity contribution in [3.63, 3.8) is 0 Å². The zero-order chi connectivity index (χ0) is 10.3. The highest BCUT2D eigenvalue weighted by Gasteiger charge is 2.24. The van der Waals surface area contributed by atoms with Gasteiger partial charge in [-0.15, -0.1) is 0 Å². The summed E-state index contributed by atoms with van der Waals surface area (Å²) < 4.78 is 9.60. The SMILES string of the molecule is C=C(C)C(=O)OCC1CO1.C=CCl. The van der Waals surface area contributed by atoms with Crippen LogP contribution in [0.5, 0.6) is 0 Å². The van der Waals surface area contributed by atoms with Crippen LogP contribution < -0.4 is 0 Å². The summed E-state index contributed by atoms with van der Waals surface area (Å²) in [6.45, 7) is 9.26. The van der Waals surface area contributed by atoms with E-state index in [0.717, 1.165) is 0 Å². The molecule has 1 atom stereocenters. The first-order valence-electron chi connectivity index (χ1n) is 3.77. The number of hydrogen-bond acceptors (Lipinski definition) is 3. The first kappa shape index (κ1) is 12.2. The van der Waals surface area contributed by atoms with Gasteiger partial charge in [-0.1, -0.05) is 24.8 Å². The largest absolute Gasteiger partial charge is 0.459 e. The van der Waals surface area contributed by atoms with Gasteiger partial charge in [0.2, 0.25) is 0 Å². The molecule has 1 fully saturated rings. The first-order chi connectivity index (χ1) is 6.11. The summed E-state index contributed by atoms with van der Waals surface area (Å²) in [6.07, 6.45) is 0.142. The van der Waals surface area contributed by atoms with Gasteiger partial charge in [0.25, 0.3) is 0 Å². The zero-order valence-corrected chi connectivity index (χ0v) is 8.34. The van der Waals surface area contributed by atoms with Gasteiger partial charge in [-0.3, -0.25) is 0 Å². The van der Waals surface area contributed by atoms with Gasteiger partial charge in [0.1, 0.15) is 12.7 Å². The van der Waals surface area contributed by atoms with E-state index in [1.807, 2.05) is 0 Å². The molecule has 0 aliphatic carbocycles. The fourth-order valence-electron chi connectivity index (χ4n) is 0.456. The van der Waals surface area contributed by atoms with Crippen LogP contribution in [0.4, 0.5) is 0 Å². The van der Waals surface area contributed by atoms with Crippen molar-refractivity contribution in [1.29, 1.82) is 0 Å². The van der Waals surface area contributed by atoms with E-state index in [-0.39, 0.29) is 12.1 Å². The van der Waals surface area contributed by atoms with Crippen LogP contribution in [0.3, 0.4) is 0 Å². The summed E-state index contributed by atoms with van der Waals surface area (Å²) in [6, 6.07) is 0. The zero-order valence-electron chi connectivity index (χ0n) is 7.59. The lowest BCUT2D eigenvalue weighted by Crippen LogP contribution is -2.09. The third kappa shape index (κ3) is 7.56. The van der Waals surface area contributed by atoms with Gasteiger partial charge in [-0.2, -0.15) is 0 Å². The molecule has 1 rings (SSSR count). The second-order valence-corrected chi connectivity index (χ2v) is 2.80. The van der Waals surface area contributed by atoms with Crippen molar-refractivity contribution in [2.45, 2.75) is 13.0 Å². The second kappa shape index (κ2) is 6.69. The fourth-order valence-corrected chi connectivity index (χ4v) is 0.456. The molecule has 1 heterocycles. The van der Waals surface area contributed by atoms with E-state index >= 15 is 0 Å². The first-order valence-corrected chi connectivity index (χ1v) is 4.20. The molecule has 3 nitrogen and oxygen atoms in total. The summed E-state index contributed by atoms with van der Waals surface area (Å²) in [5.74, 6) is -0.337. The molecule has 4 heteroatoms. The summed E-state index contributed by atoms with van der Waals surface area (Å²) >= 11 is 4.76. The van der Waals surface area contributed by atoms with Crippen molar-refractivity contribution in [3.05, 3.63) is 24.3 Å². The Morgan fingerprint density at radius 1 is 1.85 bits per heavy atom. The molecule has 1 aliphatic heterocycles. The van der Waals surface area contributed by atoms with Crippen molar-refractivity contribution in [2.24, 2.45) is 0 Å². The predicted octanol–water partition coefficient (Wildman–Crippen LogP) is 1.87. The van der Waals surface area contributed by atoms with Crippen molar-refractivity contribution < 1.29 is 14.3 Å². The number of rotatable bonds is 3. The number of ether oxygens (including phenoxy) is 2. The van der Waals surface area contributed by atoms with E-state index in [2.05, 4.69) is 13.2 Å². The van der Waals surface area contributed by atoms with Gasteiger partial charge in [0.15, 0.2) is 0 Å². The van der Waals surface area contributed by atoms with E-state index in [1.165, 1.54) is 5.54 Å². The standard InChI is InChI=1S/C7H10O3.C2H3Cl/c1-5(2)7(8)10-4-6-3-9-6;1-2-3/h6H,1,3-4H2,2H3;2H,1H2. The Kier molecular flexibility index (Phi) is 6.28. The van der Waals surface area contributed by atoms with Crippen LogP contribution in [0, 0.1) is 0 Å². The van der Waals surface area contributed by atoms with E-state index in [1.54, 1.807) is 6.92 Å². The van der Waals surface area contributed by atoms with Crippen LogP contribution >= 0.6 is 11.6 Å². The molecule has 1 saturated heterocycles. The summed E-state index contributed by atoms with van der Waals surface area (Å²) in [5, 5.41) is 0. The van der Waals surface area contributed by atoms with Crippen molar-refractivity contribution in [1.82, 2.24) is 0 Å². The molecule has 0 saturated carbocycles. The minimum atomic E-state index is -0.337. The Labute approximate surface area is 83.0 Å². The number of hydrogen-bond donors (Lipinski definition) is 0. The highest BCUT2D eigenvalue weighted by Crippen LogP contribution is 2.09. The Balaban J connectivity index is 0.000000424. The predicted molar refractivity (Wildman–Crippen MR) is 51.6 cm³/mol. The number of esters is 1. The van der Waals surface area contributed by atoms with Crippen LogP contribution in [0.25, 0.3) is 0 Å². The Morgan fingerprint density at radius 2 is 2.31 bits per heavy atom. The minimum Gasteiger partial charge on any atom is -0.459 e. The highest BCUT2D eigenvalue weighted by atomic mass is 35.5. The van der Waals surface area contributed by atoms with Crippen LogP contribution in [0.1, 0.15) is 6.92 Å². The normalized spacial score (nSPS) is 17.8. The molecule has 13 heavy (non-hydrogen) atoms. The average molecular weight is 205 g/mol. The maximum Gasteiger partial charge on any atom is 0.333 e. The van der Waals surface area contributed by atoms with Gasteiger partial charge in [-0.25, -0.2) is 4.79 Å². The van der Waals surface area contributed by atoms with Gasteiger partial charge in [0, 0.05) is 5.57 Å². The van der Waals surface area contributed by atoms with Gasteiger partial charge in [-0.05, 0) is 12.5 Å². The Bertz CT molecular complexity index is 197. The maximum absolute atomic E-state index is 10.7. The van der Waals surface area contributed by atoms with Crippen LogP contribution in [0.2, 0.25) is 0 Å². The average Bonchev–Trinajstić information content (AvgIpc) is 2.84. The fraction of sp³-hybridized carbons (Fsp3) is 0.444. The molecule has 1 aliphatic rings. The monoisotopic (exact) mass is 204 g/mol. The van der Waals surface area contributed by atoms with Crippen LogP contribution in [-0.2, 0) is 14.3 Å². The Hall–Kier alpha value is -0.800. The van der Waals surface area contributed by atoms with E-state index in [9.17, 15) is 4.79 Å². The summed E-state index contributed by atoms with van der Waals surface area (Å²) in [5.41, 5.74) is 1.65. The second-order valence-electron chi connectivity index (χ2n) is 2.49. The quantitative estimate of drug-likeness (QED) is 0.400. The lowest BCUT2D eigenvalue weighted by atomic mass is 10.4. The molecule has 0 bridgehead atoms. The van der Waals surface area contributed by atoms with Crippen LogP contribution in [-0.4, -0.2) is 25.3 Å². The molecule has 0 spiro atoms. The third-order valence-corrected chi connectivity index (χ3v) is 1.15. The van der Waals surface area contributed by atoms with Gasteiger partial charge in [0.05, 0.1) is 6.61 Å². The number of halogens is 1. The molecule has 1 unspecified atom stereocenters. The lowest BCUT2D eigenvalue weighted by molar-refractivity contribution is -0.139. The maximum atomic E-state index is 10.7. The molecule has 0 aromatic heterocycles. The molecular weight excluding hydrogens is 192 g/mol. The number of carbonyl (C=O) groups excluding carboxylic acids is 1. The molecular formula is C9H13ClO3. The van der Waals surface area contributed by atoms with Gasteiger partial charge < -0.3 is 9.47 Å². The molecule has 74 valence electrons. The summed E-state index contributed by atoms with van der Waals surface area (Å²) in [7, 11) is 0. The summed E-state index contributed by atoms with van der Waals surface area (Å²) in [4.78, 5) is 10.7. The van der Waals surface area contributed by atoms with Gasteiger partial charge >= 0.3 is 5.97 Å². The van der Waals surface area contributed by atoms with Crippen molar-refractivity contribution >= 4 is 17.6 Å².